The Morgan fingerprint density at radius 3 is 2.77 bits per heavy atom. The third-order valence-corrected chi connectivity index (χ3v) is 5.98. The molecule has 0 radical (unpaired) electrons. The molecule has 1 saturated heterocycles. The largest absolute Gasteiger partial charge is 0.356 e. The Bertz CT molecular complexity index is 649. The lowest BCUT2D eigenvalue weighted by Crippen LogP contribution is -2.42. The van der Waals surface area contributed by atoms with Gasteiger partial charge in [-0.15, -0.1) is 0 Å². The average molecular weight is 357 g/mol. The van der Waals surface area contributed by atoms with Gasteiger partial charge in [0.2, 0.25) is 0 Å². The monoisotopic (exact) mass is 356 g/mol. The second-order valence-corrected chi connectivity index (χ2v) is 7.74. The van der Waals surface area contributed by atoms with Crippen LogP contribution < -0.4 is 10.6 Å². The number of nitrogens with one attached hydrogen (secondary N) is 2. The van der Waals surface area contributed by atoms with E-state index in [0.717, 1.165) is 32.0 Å². The number of hydrogen-bond donors (Lipinski definition) is 2. The highest BCUT2D eigenvalue weighted by Crippen LogP contribution is 2.43. The van der Waals surface area contributed by atoms with Crippen molar-refractivity contribution in [1.82, 2.24) is 15.5 Å². The summed E-state index contributed by atoms with van der Waals surface area (Å²) in [5.74, 6) is 0.986. The lowest BCUT2D eigenvalue weighted by molar-refractivity contribution is 0.0963. The molecule has 3 rings (SSSR count). The first kappa shape index (κ1) is 18.7. The molecule has 0 bridgehead atoms. The van der Waals surface area contributed by atoms with Gasteiger partial charge in [-0.3, -0.25) is 9.79 Å². The van der Waals surface area contributed by atoms with Gasteiger partial charge in [-0.1, -0.05) is 31.4 Å². The second-order valence-electron chi connectivity index (χ2n) is 7.74. The van der Waals surface area contributed by atoms with Gasteiger partial charge in [-0.05, 0) is 48.8 Å². The van der Waals surface area contributed by atoms with Gasteiger partial charge in [0, 0.05) is 39.3 Å². The number of aliphatic imine (C=N–C) groups is 1. The third kappa shape index (κ3) is 4.37. The third-order valence-electron chi connectivity index (χ3n) is 5.98. The van der Waals surface area contributed by atoms with Crippen LogP contribution in [0, 0.1) is 5.41 Å². The number of benzene rings is 1. The molecule has 1 amide bonds. The van der Waals surface area contributed by atoms with Crippen molar-refractivity contribution >= 4 is 11.9 Å². The van der Waals surface area contributed by atoms with Gasteiger partial charge in [0.15, 0.2) is 5.96 Å². The molecule has 1 aromatic rings. The van der Waals surface area contributed by atoms with Crippen LogP contribution in [-0.2, 0) is 6.42 Å². The SMILES string of the molecule is CN=C(NCCc1cccc(C(=O)NC)c1)N1CCC2(CCCCC2)C1. The Morgan fingerprint density at radius 1 is 1.23 bits per heavy atom. The highest BCUT2D eigenvalue weighted by atomic mass is 16.1. The number of nitrogens with zero attached hydrogens (tertiary/aromatic N) is 2. The van der Waals surface area contributed by atoms with Crippen LogP contribution in [0.15, 0.2) is 29.3 Å². The molecule has 2 N–H and O–H groups in total. The smallest absolute Gasteiger partial charge is 0.251 e. The molecular weight excluding hydrogens is 324 g/mol. The van der Waals surface area contributed by atoms with Crippen molar-refractivity contribution in [3.8, 4) is 0 Å². The van der Waals surface area contributed by atoms with E-state index in [2.05, 4.69) is 26.6 Å². The number of hydrogen-bond acceptors (Lipinski definition) is 2. The van der Waals surface area contributed by atoms with Crippen molar-refractivity contribution in [3.63, 3.8) is 0 Å². The number of rotatable bonds is 4. The summed E-state index contributed by atoms with van der Waals surface area (Å²) in [5, 5.41) is 6.20. The number of carbonyl (C=O) groups is 1. The molecule has 0 aromatic heterocycles. The van der Waals surface area contributed by atoms with E-state index in [1.807, 2.05) is 25.2 Å². The first-order chi connectivity index (χ1) is 12.7. The van der Waals surface area contributed by atoms with E-state index >= 15 is 0 Å². The molecule has 1 aliphatic heterocycles. The van der Waals surface area contributed by atoms with Gasteiger partial charge in [-0.25, -0.2) is 0 Å². The summed E-state index contributed by atoms with van der Waals surface area (Å²) in [6.07, 6.45) is 9.14. The molecule has 0 atom stereocenters. The van der Waals surface area contributed by atoms with E-state index < -0.39 is 0 Å². The van der Waals surface area contributed by atoms with Crippen LogP contribution in [0.5, 0.6) is 0 Å². The first-order valence-electron chi connectivity index (χ1n) is 9.92. The summed E-state index contributed by atoms with van der Waals surface area (Å²) in [6, 6.07) is 7.84. The molecule has 2 fully saturated rings. The van der Waals surface area contributed by atoms with Crippen LogP contribution in [-0.4, -0.2) is 50.5 Å². The lowest BCUT2D eigenvalue weighted by atomic mass is 9.73. The standard InChI is InChI=1S/C21H32N4O/c1-22-19(26)18-8-6-7-17(15-18)9-13-24-20(23-2)25-14-12-21(16-25)10-4-3-5-11-21/h6-8,15H,3-5,9-14,16H2,1-2H3,(H,22,26)(H,23,24). The Hall–Kier alpha value is -2.04. The van der Waals surface area contributed by atoms with Crippen molar-refractivity contribution in [2.45, 2.75) is 44.9 Å². The van der Waals surface area contributed by atoms with Crippen LogP contribution >= 0.6 is 0 Å². The quantitative estimate of drug-likeness (QED) is 0.644. The summed E-state index contributed by atoms with van der Waals surface area (Å²) in [6.45, 7) is 3.10. The maximum atomic E-state index is 11.8. The molecule has 0 unspecified atom stereocenters. The molecule has 5 heteroatoms. The molecule has 142 valence electrons. The van der Waals surface area contributed by atoms with Gasteiger partial charge < -0.3 is 15.5 Å². The van der Waals surface area contributed by atoms with Crippen LogP contribution in [0.25, 0.3) is 0 Å². The van der Waals surface area contributed by atoms with E-state index in [9.17, 15) is 4.79 Å². The minimum atomic E-state index is -0.0366. The van der Waals surface area contributed by atoms with Crippen molar-refractivity contribution in [3.05, 3.63) is 35.4 Å². The molecule has 5 nitrogen and oxygen atoms in total. The summed E-state index contributed by atoms with van der Waals surface area (Å²) in [4.78, 5) is 18.7. The minimum Gasteiger partial charge on any atom is -0.356 e. The van der Waals surface area contributed by atoms with E-state index in [1.54, 1.807) is 7.05 Å². The maximum absolute atomic E-state index is 11.8. The number of likely N-dealkylation sites (tertiary alicyclic amines) is 1. The van der Waals surface area contributed by atoms with Crippen LogP contribution in [0.3, 0.4) is 0 Å². The fourth-order valence-corrected chi connectivity index (χ4v) is 4.49. The normalized spacial score (nSPS) is 19.6. The zero-order chi connectivity index (χ0) is 18.4. The fourth-order valence-electron chi connectivity index (χ4n) is 4.49. The molecule has 1 spiro atoms. The molecule has 1 aromatic carbocycles. The Balaban J connectivity index is 1.51. The van der Waals surface area contributed by atoms with E-state index in [1.165, 1.54) is 44.1 Å². The van der Waals surface area contributed by atoms with Gasteiger partial charge >= 0.3 is 0 Å². The van der Waals surface area contributed by atoms with E-state index in [4.69, 9.17) is 0 Å². The molecule has 1 aliphatic carbocycles. The topological polar surface area (TPSA) is 56.7 Å². The number of guanidine groups is 1. The molecule has 26 heavy (non-hydrogen) atoms. The second kappa shape index (κ2) is 8.56. The zero-order valence-electron chi connectivity index (χ0n) is 16.2. The number of carbonyl (C=O) groups excluding carboxylic acids is 1. The van der Waals surface area contributed by atoms with Crippen molar-refractivity contribution in [1.29, 1.82) is 0 Å². The average Bonchev–Trinajstić information content (AvgIpc) is 3.08. The molecule has 2 aliphatic rings. The van der Waals surface area contributed by atoms with Gasteiger partial charge in [0.05, 0.1) is 0 Å². The van der Waals surface area contributed by atoms with Gasteiger partial charge in [0.1, 0.15) is 0 Å². The number of amides is 1. The predicted octanol–water partition coefficient (Wildman–Crippen LogP) is 2.82. The summed E-state index contributed by atoms with van der Waals surface area (Å²) < 4.78 is 0. The summed E-state index contributed by atoms with van der Waals surface area (Å²) >= 11 is 0. The first-order valence-corrected chi connectivity index (χ1v) is 9.92. The van der Waals surface area contributed by atoms with Crippen LogP contribution in [0.1, 0.15) is 54.4 Å². The van der Waals surface area contributed by atoms with E-state index in [-0.39, 0.29) is 5.91 Å². The van der Waals surface area contributed by atoms with Crippen molar-refractivity contribution in [2.75, 3.05) is 33.7 Å². The maximum Gasteiger partial charge on any atom is 0.251 e. The lowest BCUT2D eigenvalue weighted by Gasteiger charge is -2.33. The fraction of sp³-hybridized carbons (Fsp3) is 0.619. The summed E-state index contributed by atoms with van der Waals surface area (Å²) in [7, 11) is 3.54. The van der Waals surface area contributed by atoms with Gasteiger partial charge in [-0.2, -0.15) is 0 Å². The highest BCUT2D eigenvalue weighted by molar-refractivity contribution is 5.94. The molecule has 1 saturated carbocycles. The molecule has 1 heterocycles. The van der Waals surface area contributed by atoms with Crippen molar-refractivity contribution < 1.29 is 4.79 Å². The Labute approximate surface area is 157 Å². The predicted molar refractivity (Wildman–Crippen MR) is 107 cm³/mol. The van der Waals surface area contributed by atoms with Crippen molar-refractivity contribution in [2.24, 2.45) is 10.4 Å². The Kier molecular flexibility index (Phi) is 6.17. The zero-order valence-corrected chi connectivity index (χ0v) is 16.2. The molecular formula is C21H32N4O. The van der Waals surface area contributed by atoms with E-state index in [0.29, 0.717) is 11.0 Å². The Morgan fingerprint density at radius 2 is 2.04 bits per heavy atom. The van der Waals surface area contributed by atoms with Crippen LogP contribution in [0.4, 0.5) is 0 Å². The van der Waals surface area contributed by atoms with Crippen LogP contribution in [0.2, 0.25) is 0 Å². The highest BCUT2D eigenvalue weighted by Gasteiger charge is 2.39. The minimum absolute atomic E-state index is 0.0366. The van der Waals surface area contributed by atoms with Gasteiger partial charge in [0.25, 0.3) is 5.91 Å². The summed E-state index contributed by atoms with van der Waals surface area (Å²) in [5.41, 5.74) is 2.42.